The fourth-order valence-corrected chi connectivity index (χ4v) is 14.0. The highest BCUT2D eigenvalue weighted by Crippen LogP contribution is 2.62. The van der Waals surface area contributed by atoms with Crippen LogP contribution in [0.4, 0.5) is 45.5 Å². The lowest BCUT2D eigenvalue weighted by Gasteiger charge is -2.51. The van der Waals surface area contributed by atoms with Crippen molar-refractivity contribution in [2.45, 2.75) is 129 Å². The van der Waals surface area contributed by atoms with Crippen LogP contribution < -0.4 is 31.1 Å². The van der Waals surface area contributed by atoms with E-state index in [1.807, 2.05) is 0 Å². The number of hydrogen-bond acceptors (Lipinski definition) is 5. The lowest BCUT2D eigenvalue weighted by Crippen LogP contribution is -2.61. The number of para-hydroxylation sites is 4. The SMILES string of the molecule is CC(C)(C)c1ccc2c(c1)N(c1cccc3c1oc1ccccc13)c1cc(N3c4ccc(C(C)(C)C)cc4C4(C)CCCCC34C)cc3c1B2c1ccc(C(C)(C)C)cc1N3c1cccc2c1oc1ccccc12. The van der Waals surface area contributed by atoms with Crippen LogP contribution in [-0.2, 0) is 21.7 Å². The molecule has 0 radical (unpaired) electrons. The molecule has 4 aliphatic rings. The maximum absolute atomic E-state index is 7.07. The molecule has 1 fully saturated rings. The van der Waals surface area contributed by atoms with Gasteiger partial charge in [0.15, 0.2) is 11.2 Å². The number of anilines is 8. The van der Waals surface area contributed by atoms with Crippen LogP contribution in [-0.4, -0.2) is 12.3 Å². The Bertz CT molecular complexity index is 3800. The van der Waals surface area contributed by atoms with Gasteiger partial charge in [-0.25, -0.2) is 0 Å². The number of rotatable bonds is 3. The average molecular weight is 968 g/mol. The molecular weight excluding hydrogens is 902 g/mol. The summed E-state index contributed by atoms with van der Waals surface area (Å²) in [6.45, 7) is 26.2. The van der Waals surface area contributed by atoms with Crippen molar-refractivity contribution in [3.8, 4) is 0 Å². The van der Waals surface area contributed by atoms with Crippen LogP contribution in [0.15, 0.2) is 160 Å². The van der Waals surface area contributed by atoms with Crippen molar-refractivity contribution in [2.24, 2.45) is 0 Å². The van der Waals surface area contributed by atoms with Gasteiger partial charge in [0.25, 0.3) is 6.71 Å². The molecule has 5 heterocycles. The highest BCUT2D eigenvalue weighted by molar-refractivity contribution is 7.00. The van der Waals surface area contributed by atoms with Crippen LogP contribution in [0, 0.1) is 0 Å². The molecule has 0 N–H and O–H groups in total. The third-order valence-electron chi connectivity index (χ3n) is 18.3. The second kappa shape index (κ2) is 15.2. The van der Waals surface area contributed by atoms with Gasteiger partial charge in [0.05, 0.1) is 16.9 Å². The van der Waals surface area contributed by atoms with E-state index in [1.54, 1.807) is 0 Å². The molecule has 0 amide bonds. The van der Waals surface area contributed by atoms with E-state index in [0.717, 1.165) is 68.1 Å². The fourth-order valence-electron chi connectivity index (χ4n) is 14.0. The Morgan fingerprint density at radius 1 is 0.432 bits per heavy atom. The molecule has 10 aromatic rings. The molecule has 2 unspecified atom stereocenters. The molecule has 1 saturated carbocycles. The van der Waals surface area contributed by atoms with Gasteiger partial charge in [-0.1, -0.05) is 179 Å². The van der Waals surface area contributed by atoms with Crippen LogP contribution >= 0.6 is 0 Å². The van der Waals surface area contributed by atoms with Gasteiger partial charge >= 0.3 is 0 Å². The lowest BCUT2D eigenvalue weighted by molar-refractivity contribution is 0.195. The molecule has 8 aromatic carbocycles. The van der Waals surface area contributed by atoms with E-state index < -0.39 is 0 Å². The van der Waals surface area contributed by atoms with Crippen LogP contribution in [0.5, 0.6) is 0 Å². The van der Waals surface area contributed by atoms with E-state index in [0.29, 0.717) is 0 Å². The molecule has 368 valence electrons. The van der Waals surface area contributed by atoms with Gasteiger partial charge in [0, 0.05) is 61.1 Å². The second-order valence-corrected chi connectivity index (χ2v) is 25.7. The van der Waals surface area contributed by atoms with Crippen LogP contribution in [0.25, 0.3) is 43.9 Å². The summed E-state index contributed by atoms with van der Waals surface area (Å²) in [5.41, 5.74) is 21.7. The third-order valence-corrected chi connectivity index (χ3v) is 18.3. The highest BCUT2D eigenvalue weighted by Gasteiger charge is 2.58. The molecule has 2 atom stereocenters. The van der Waals surface area contributed by atoms with Crippen LogP contribution in [0.2, 0.25) is 0 Å². The van der Waals surface area contributed by atoms with Gasteiger partial charge in [-0.15, -0.1) is 0 Å². The van der Waals surface area contributed by atoms with E-state index in [9.17, 15) is 0 Å². The largest absolute Gasteiger partial charge is 0.454 e. The van der Waals surface area contributed by atoms with Crippen molar-refractivity contribution in [3.05, 3.63) is 174 Å². The number of nitrogens with zero attached hydrogens (tertiary/aromatic N) is 3. The van der Waals surface area contributed by atoms with E-state index in [4.69, 9.17) is 8.83 Å². The summed E-state index contributed by atoms with van der Waals surface area (Å²) >= 11 is 0. The summed E-state index contributed by atoms with van der Waals surface area (Å²) in [5, 5.41) is 4.48. The number of hydrogen-bond donors (Lipinski definition) is 0. The van der Waals surface area contributed by atoms with Gasteiger partial charge in [-0.2, -0.15) is 0 Å². The fraction of sp³-hybridized carbons (Fsp3) is 0.294. The first-order chi connectivity index (χ1) is 35.3. The summed E-state index contributed by atoms with van der Waals surface area (Å²) in [4.78, 5) is 7.97. The number of furan rings is 2. The van der Waals surface area contributed by atoms with Crippen molar-refractivity contribution in [3.63, 3.8) is 0 Å². The topological polar surface area (TPSA) is 36.0 Å². The average Bonchev–Trinajstić information content (AvgIpc) is 4.01. The predicted molar refractivity (Wildman–Crippen MR) is 314 cm³/mol. The van der Waals surface area contributed by atoms with E-state index >= 15 is 0 Å². The van der Waals surface area contributed by atoms with E-state index in [2.05, 4.69) is 243 Å². The summed E-state index contributed by atoms with van der Waals surface area (Å²) in [6, 6.07) is 57.8. The third kappa shape index (κ3) is 6.23. The van der Waals surface area contributed by atoms with Crippen molar-refractivity contribution in [2.75, 3.05) is 14.7 Å². The van der Waals surface area contributed by atoms with Crippen molar-refractivity contribution in [1.29, 1.82) is 0 Å². The Morgan fingerprint density at radius 3 is 1.41 bits per heavy atom. The van der Waals surface area contributed by atoms with E-state index in [1.165, 1.54) is 85.6 Å². The molecule has 3 aliphatic heterocycles. The maximum Gasteiger partial charge on any atom is 0.252 e. The Hall–Kier alpha value is -7.18. The minimum Gasteiger partial charge on any atom is -0.454 e. The Morgan fingerprint density at radius 2 is 0.892 bits per heavy atom. The molecule has 1 aliphatic carbocycles. The molecule has 2 aromatic heterocycles. The van der Waals surface area contributed by atoms with Gasteiger partial charge < -0.3 is 23.5 Å². The van der Waals surface area contributed by atoms with Gasteiger partial charge in [-0.3, -0.25) is 0 Å². The lowest BCUT2D eigenvalue weighted by atomic mass is 9.33. The molecule has 14 rings (SSSR count). The quantitative estimate of drug-likeness (QED) is 0.165. The van der Waals surface area contributed by atoms with Crippen molar-refractivity contribution in [1.82, 2.24) is 0 Å². The highest BCUT2D eigenvalue weighted by atomic mass is 16.3. The monoisotopic (exact) mass is 968 g/mol. The molecule has 6 heteroatoms. The first-order valence-electron chi connectivity index (χ1n) is 27.2. The Labute approximate surface area is 436 Å². The number of benzene rings is 8. The summed E-state index contributed by atoms with van der Waals surface area (Å²) < 4.78 is 14.1. The standard InChI is InChI=1S/C68H66BN3O2/c1-64(2,3)41-30-33-52-49(36-41)67(10)34-16-17-35-68(67,11)72(52)44-39-57-61-58(40-44)71(54-25-19-23-48-46-21-13-15-27-60(46)74-63(48)54)56-38-43(66(7,8)9)29-32-51(56)69(61)50-31-28-42(65(4,5)6)37-55(50)70(57)53-24-18-22-47-45-20-12-14-26-59(45)73-62(47)53/h12-15,18-33,36-40H,16-17,34-35H2,1-11H3. The summed E-state index contributed by atoms with van der Waals surface area (Å²) in [5.74, 6) is 0. The van der Waals surface area contributed by atoms with E-state index in [-0.39, 0.29) is 33.9 Å². The Kier molecular flexibility index (Phi) is 9.34. The first-order valence-corrected chi connectivity index (χ1v) is 27.2. The van der Waals surface area contributed by atoms with Crippen LogP contribution in [0.3, 0.4) is 0 Å². The molecule has 0 bridgehead atoms. The first kappa shape index (κ1) is 45.4. The molecule has 0 spiro atoms. The van der Waals surface area contributed by atoms with Gasteiger partial charge in [-0.05, 0) is 129 Å². The zero-order valence-corrected chi connectivity index (χ0v) is 45.0. The zero-order chi connectivity index (χ0) is 51.0. The van der Waals surface area contributed by atoms with Crippen LogP contribution in [0.1, 0.15) is 124 Å². The minimum absolute atomic E-state index is 0.0177. The molecule has 0 saturated heterocycles. The predicted octanol–water partition coefficient (Wildman–Crippen LogP) is 17.2. The summed E-state index contributed by atoms with van der Waals surface area (Å²) in [7, 11) is 0. The minimum atomic E-state index is -0.199. The van der Waals surface area contributed by atoms with Crippen molar-refractivity contribution < 1.29 is 8.83 Å². The number of fused-ring (bicyclic) bond motifs is 13. The molecule has 74 heavy (non-hydrogen) atoms. The Balaban J connectivity index is 1.15. The maximum atomic E-state index is 7.07. The van der Waals surface area contributed by atoms with Gasteiger partial charge in [0.2, 0.25) is 0 Å². The smallest absolute Gasteiger partial charge is 0.252 e. The molecular formula is C68H66BN3O2. The summed E-state index contributed by atoms with van der Waals surface area (Å²) in [6.07, 6.45) is 4.65. The molecule has 5 nitrogen and oxygen atoms in total. The van der Waals surface area contributed by atoms with Gasteiger partial charge in [0.1, 0.15) is 11.2 Å². The second-order valence-electron chi connectivity index (χ2n) is 25.7. The van der Waals surface area contributed by atoms with Crippen molar-refractivity contribution >= 4 is 112 Å². The zero-order valence-electron chi connectivity index (χ0n) is 45.0. The normalized spacial score (nSPS) is 19.3.